The number of nitrogens with two attached hydrogens (primary N) is 1. The molecule has 1 fully saturated rings. The van der Waals surface area contributed by atoms with Crippen LogP contribution < -0.4 is 5.73 Å². The third-order valence-corrected chi connectivity index (χ3v) is 4.07. The number of sulfone groups is 1. The van der Waals surface area contributed by atoms with Crippen LogP contribution in [0, 0.1) is 5.92 Å². The summed E-state index contributed by atoms with van der Waals surface area (Å²) < 4.78 is 22.3. The molecule has 5 nitrogen and oxygen atoms in total. The molecule has 0 bridgehead atoms. The summed E-state index contributed by atoms with van der Waals surface area (Å²) in [7, 11) is -3.05. The number of carboxylic acid groups (broad SMARTS) is 1. The first-order chi connectivity index (χ1) is 5.91. The Hall–Kier alpha value is -0.620. The molecule has 1 aliphatic rings. The summed E-state index contributed by atoms with van der Waals surface area (Å²) in [4.78, 5) is 10.4. The normalized spacial score (nSPS) is 32.7. The van der Waals surface area contributed by atoms with E-state index in [9.17, 15) is 13.2 Å². The van der Waals surface area contributed by atoms with E-state index in [0.717, 1.165) is 0 Å². The molecule has 0 aliphatic carbocycles. The van der Waals surface area contributed by atoms with Gasteiger partial charge in [-0.15, -0.1) is 0 Å². The van der Waals surface area contributed by atoms with Crippen molar-refractivity contribution in [2.75, 3.05) is 11.5 Å². The molecule has 2 atom stereocenters. The number of hydrogen-bond acceptors (Lipinski definition) is 4. The molecule has 1 rings (SSSR count). The molecule has 0 radical (unpaired) electrons. The minimum absolute atomic E-state index is 0.0829. The van der Waals surface area contributed by atoms with Crippen LogP contribution in [0.4, 0.5) is 0 Å². The molecule has 0 saturated carbocycles. The maximum atomic E-state index is 11.1. The third kappa shape index (κ3) is 2.96. The van der Waals surface area contributed by atoms with Gasteiger partial charge in [0.05, 0.1) is 17.9 Å². The second kappa shape index (κ2) is 3.63. The van der Waals surface area contributed by atoms with Gasteiger partial charge in [0.2, 0.25) is 0 Å². The smallest absolute Gasteiger partial charge is 0.303 e. The van der Waals surface area contributed by atoms with Gasteiger partial charge >= 0.3 is 5.97 Å². The molecule has 0 aromatic carbocycles. The number of carboxylic acids is 1. The average Bonchev–Trinajstić information content (AvgIpc) is 1.95. The lowest BCUT2D eigenvalue weighted by atomic mass is 9.96. The van der Waals surface area contributed by atoms with Gasteiger partial charge in [0.25, 0.3) is 0 Å². The van der Waals surface area contributed by atoms with Gasteiger partial charge in [0.15, 0.2) is 9.84 Å². The Kier molecular flexibility index (Phi) is 2.92. The van der Waals surface area contributed by atoms with E-state index in [1.165, 1.54) is 0 Å². The van der Waals surface area contributed by atoms with Crippen molar-refractivity contribution in [2.24, 2.45) is 11.7 Å². The molecule has 1 saturated heterocycles. The van der Waals surface area contributed by atoms with Crippen molar-refractivity contribution in [1.82, 2.24) is 0 Å². The van der Waals surface area contributed by atoms with Crippen molar-refractivity contribution >= 4 is 15.8 Å². The Labute approximate surface area is 76.8 Å². The summed E-state index contributed by atoms with van der Waals surface area (Å²) in [5.41, 5.74) is 5.62. The molecule has 3 N–H and O–H groups in total. The van der Waals surface area contributed by atoms with E-state index in [2.05, 4.69) is 0 Å². The van der Waals surface area contributed by atoms with Crippen molar-refractivity contribution in [3.63, 3.8) is 0 Å². The molecule has 76 valence electrons. The minimum atomic E-state index is -3.05. The number of rotatable bonds is 2. The monoisotopic (exact) mass is 207 g/mol. The van der Waals surface area contributed by atoms with Crippen molar-refractivity contribution in [2.45, 2.75) is 18.9 Å². The fourth-order valence-electron chi connectivity index (χ4n) is 1.52. The number of carbonyl (C=O) groups is 1. The molecule has 1 aliphatic heterocycles. The van der Waals surface area contributed by atoms with E-state index in [1.54, 1.807) is 0 Å². The van der Waals surface area contributed by atoms with Crippen LogP contribution in [-0.2, 0) is 14.6 Å². The SMILES string of the molecule is N[C@H]1CCS(=O)(=O)C[C@H]1CC(=O)O. The Bertz CT molecular complexity index is 298. The minimum Gasteiger partial charge on any atom is -0.481 e. The zero-order chi connectivity index (χ0) is 10.1. The van der Waals surface area contributed by atoms with Gasteiger partial charge in [-0.05, 0) is 12.3 Å². The van der Waals surface area contributed by atoms with Gasteiger partial charge in [0.1, 0.15) is 0 Å². The molecule has 0 aromatic rings. The summed E-state index contributed by atoms with van der Waals surface area (Å²) in [6, 6.07) is -0.292. The zero-order valence-corrected chi connectivity index (χ0v) is 7.96. The van der Waals surface area contributed by atoms with Gasteiger partial charge in [0, 0.05) is 6.04 Å². The zero-order valence-electron chi connectivity index (χ0n) is 7.14. The Morgan fingerprint density at radius 3 is 2.69 bits per heavy atom. The summed E-state index contributed by atoms with van der Waals surface area (Å²) >= 11 is 0. The summed E-state index contributed by atoms with van der Waals surface area (Å²) in [6.07, 6.45) is 0.223. The molecule has 0 unspecified atom stereocenters. The Morgan fingerprint density at radius 2 is 2.15 bits per heavy atom. The molecular weight excluding hydrogens is 194 g/mol. The quantitative estimate of drug-likeness (QED) is 0.619. The van der Waals surface area contributed by atoms with E-state index in [1.807, 2.05) is 0 Å². The van der Waals surface area contributed by atoms with Gasteiger partial charge in [-0.25, -0.2) is 8.42 Å². The summed E-state index contributed by atoms with van der Waals surface area (Å²) in [5.74, 6) is -1.40. The van der Waals surface area contributed by atoms with Crippen molar-refractivity contribution in [3.05, 3.63) is 0 Å². The highest BCUT2D eigenvalue weighted by Gasteiger charge is 2.32. The van der Waals surface area contributed by atoms with Gasteiger partial charge in [-0.3, -0.25) is 4.79 Å². The van der Waals surface area contributed by atoms with E-state index in [0.29, 0.717) is 6.42 Å². The lowest BCUT2D eigenvalue weighted by Crippen LogP contribution is -2.42. The maximum absolute atomic E-state index is 11.1. The summed E-state index contributed by atoms with van der Waals surface area (Å²) in [6.45, 7) is 0. The van der Waals surface area contributed by atoms with Gasteiger partial charge < -0.3 is 10.8 Å². The van der Waals surface area contributed by atoms with Gasteiger partial charge in [-0.1, -0.05) is 0 Å². The third-order valence-electron chi connectivity index (χ3n) is 2.27. The van der Waals surface area contributed by atoms with Crippen LogP contribution in [0.1, 0.15) is 12.8 Å². The highest BCUT2D eigenvalue weighted by atomic mass is 32.2. The molecule has 0 amide bonds. The van der Waals surface area contributed by atoms with Crippen LogP contribution >= 0.6 is 0 Å². The standard InChI is InChI=1S/C7H13NO4S/c8-6-1-2-13(11,12)4-5(6)3-7(9)10/h5-6H,1-4,8H2,(H,9,10)/t5-,6+/m1/s1. The number of hydrogen-bond donors (Lipinski definition) is 2. The van der Waals surface area contributed by atoms with Crippen LogP contribution in [0.15, 0.2) is 0 Å². The van der Waals surface area contributed by atoms with Crippen LogP contribution in [0.5, 0.6) is 0 Å². The fourth-order valence-corrected chi connectivity index (χ4v) is 3.33. The van der Waals surface area contributed by atoms with E-state index in [4.69, 9.17) is 10.8 Å². The second-order valence-electron chi connectivity index (χ2n) is 3.42. The average molecular weight is 207 g/mol. The van der Waals surface area contributed by atoms with Crippen LogP contribution in [0.2, 0.25) is 0 Å². The molecule has 0 aromatic heterocycles. The molecular formula is C7H13NO4S. The summed E-state index contributed by atoms with van der Waals surface area (Å²) in [5, 5.41) is 8.50. The van der Waals surface area contributed by atoms with Crippen LogP contribution in [0.3, 0.4) is 0 Å². The lowest BCUT2D eigenvalue weighted by molar-refractivity contribution is -0.138. The topological polar surface area (TPSA) is 97.5 Å². The second-order valence-corrected chi connectivity index (χ2v) is 5.65. The largest absolute Gasteiger partial charge is 0.481 e. The van der Waals surface area contributed by atoms with Crippen molar-refractivity contribution in [3.8, 4) is 0 Å². The first kappa shape index (κ1) is 10.5. The van der Waals surface area contributed by atoms with E-state index < -0.39 is 21.7 Å². The molecule has 6 heteroatoms. The maximum Gasteiger partial charge on any atom is 0.303 e. The predicted molar refractivity (Wildman–Crippen MR) is 47.0 cm³/mol. The van der Waals surface area contributed by atoms with E-state index in [-0.39, 0.29) is 24.0 Å². The first-order valence-corrected chi connectivity index (χ1v) is 5.90. The predicted octanol–water partition coefficient (Wildman–Crippen LogP) is -0.777. The lowest BCUT2D eigenvalue weighted by Gasteiger charge is -2.26. The van der Waals surface area contributed by atoms with Crippen LogP contribution in [0.25, 0.3) is 0 Å². The van der Waals surface area contributed by atoms with Crippen molar-refractivity contribution in [1.29, 1.82) is 0 Å². The van der Waals surface area contributed by atoms with Crippen molar-refractivity contribution < 1.29 is 18.3 Å². The Balaban J connectivity index is 2.66. The van der Waals surface area contributed by atoms with E-state index >= 15 is 0 Å². The highest BCUT2D eigenvalue weighted by molar-refractivity contribution is 7.91. The number of aliphatic carboxylic acids is 1. The highest BCUT2D eigenvalue weighted by Crippen LogP contribution is 2.20. The molecule has 13 heavy (non-hydrogen) atoms. The fraction of sp³-hybridized carbons (Fsp3) is 0.857. The van der Waals surface area contributed by atoms with Gasteiger partial charge in [-0.2, -0.15) is 0 Å². The first-order valence-electron chi connectivity index (χ1n) is 4.08. The molecule has 0 spiro atoms. The Morgan fingerprint density at radius 1 is 1.54 bits per heavy atom. The molecule has 1 heterocycles. The van der Waals surface area contributed by atoms with Crippen LogP contribution in [-0.4, -0.2) is 37.0 Å².